The Morgan fingerprint density at radius 2 is 2.24 bits per heavy atom. The molecule has 9 heteroatoms. The molecule has 0 aliphatic heterocycles. The van der Waals surface area contributed by atoms with E-state index in [1.165, 1.54) is 11.8 Å². The first-order chi connectivity index (χ1) is 12.2. The summed E-state index contributed by atoms with van der Waals surface area (Å²) >= 11 is 7.24. The highest BCUT2D eigenvalue weighted by atomic mass is 35.5. The van der Waals surface area contributed by atoms with Gasteiger partial charge in [0, 0.05) is 11.2 Å². The molecule has 0 saturated heterocycles. The summed E-state index contributed by atoms with van der Waals surface area (Å²) < 4.78 is 5.30. The summed E-state index contributed by atoms with van der Waals surface area (Å²) in [7, 11) is 1.57. The molecular formula is C16H14ClN5O2S. The van der Waals surface area contributed by atoms with Crippen molar-refractivity contribution in [2.75, 3.05) is 18.2 Å². The van der Waals surface area contributed by atoms with E-state index in [0.717, 1.165) is 0 Å². The molecule has 0 fully saturated rings. The van der Waals surface area contributed by atoms with Crippen molar-refractivity contribution < 1.29 is 9.53 Å². The third-order valence-corrected chi connectivity index (χ3v) is 4.23. The lowest BCUT2D eigenvalue weighted by molar-refractivity contribution is -0.113. The fourth-order valence-electron chi connectivity index (χ4n) is 2.04. The summed E-state index contributed by atoms with van der Waals surface area (Å²) in [5.41, 5.74) is 0.701. The summed E-state index contributed by atoms with van der Waals surface area (Å²) in [6.07, 6.45) is 1.61. The molecule has 2 N–H and O–H groups in total. The smallest absolute Gasteiger partial charge is 0.236 e. The highest BCUT2D eigenvalue weighted by Crippen LogP contribution is 2.31. The van der Waals surface area contributed by atoms with E-state index < -0.39 is 0 Å². The topological polar surface area (TPSA) is 92.8 Å². The molecule has 25 heavy (non-hydrogen) atoms. The van der Waals surface area contributed by atoms with Crippen LogP contribution in [0, 0.1) is 0 Å². The van der Waals surface area contributed by atoms with E-state index in [4.69, 9.17) is 16.3 Å². The van der Waals surface area contributed by atoms with Gasteiger partial charge in [-0.1, -0.05) is 29.4 Å². The molecule has 1 amide bonds. The lowest BCUT2D eigenvalue weighted by Crippen LogP contribution is -2.14. The Hall–Kier alpha value is -2.58. The molecular weight excluding hydrogens is 362 g/mol. The number of rotatable bonds is 6. The third-order valence-electron chi connectivity index (χ3n) is 3.15. The van der Waals surface area contributed by atoms with Crippen molar-refractivity contribution in [3.8, 4) is 17.1 Å². The Labute approximate surface area is 153 Å². The van der Waals surface area contributed by atoms with E-state index in [0.29, 0.717) is 33.1 Å². The molecule has 3 aromatic rings. The molecule has 0 saturated carbocycles. The number of H-pyrrole nitrogens is 1. The van der Waals surface area contributed by atoms with Crippen LogP contribution in [0.15, 0.2) is 47.8 Å². The predicted octanol–water partition coefficient (Wildman–Crippen LogP) is 3.26. The number of nitrogens with zero attached hydrogens (tertiary/aromatic N) is 3. The Kier molecular flexibility index (Phi) is 5.52. The Balaban J connectivity index is 1.64. The van der Waals surface area contributed by atoms with Crippen LogP contribution < -0.4 is 10.1 Å². The van der Waals surface area contributed by atoms with Gasteiger partial charge in [0.1, 0.15) is 11.6 Å². The maximum Gasteiger partial charge on any atom is 0.236 e. The first-order valence-electron chi connectivity index (χ1n) is 7.25. The molecule has 0 aliphatic carbocycles. The zero-order chi connectivity index (χ0) is 17.6. The van der Waals surface area contributed by atoms with Crippen molar-refractivity contribution in [1.29, 1.82) is 0 Å². The highest BCUT2D eigenvalue weighted by Gasteiger charge is 2.13. The van der Waals surface area contributed by atoms with Crippen LogP contribution in [0.2, 0.25) is 5.02 Å². The third kappa shape index (κ3) is 4.49. The average molecular weight is 376 g/mol. The normalized spacial score (nSPS) is 10.5. The molecule has 0 aliphatic rings. The molecule has 0 radical (unpaired) electrons. The van der Waals surface area contributed by atoms with E-state index in [1.807, 2.05) is 0 Å². The standard InChI is InChI=1S/C16H14ClN5O2S/c1-24-12-6-5-10(17)8-11(12)15-20-16(22-21-15)25-9-14(23)19-13-4-2-3-7-18-13/h2-8H,9H2,1H3,(H,18,19,23)(H,20,21,22). The van der Waals surface area contributed by atoms with Crippen molar-refractivity contribution >= 4 is 35.1 Å². The SMILES string of the molecule is COc1ccc(Cl)cc1-c1nc(SCC(=O)Nc2ccccn2)n[nH]1. The van der Waals surface area contributed by atoms with Gasteiger partial charge in [-0.25, -0.2) is 9.97 Å². The minimum absolute atomic E-state index is 0.167. The summed E-state index contributed by atoms with van der Waals surface area (Å²) in [6, 6.07) is 10.5. The minimum atomic E-state index is -0.185. The van der Waals surface area contributed by atoms with E-state index in [9.17, 15) is 4.79 Å². The number of aromatic nitrogens is 4. The van der Waals surface area contributed by atoms with Gasteiger partial charge in [-0.3, -0.25) is 9.89 Å². The van der Waals surface area contributed by atoms with Crippen LogP contribution in [0.3, 0.4) is 0 Å². The minimum Gasteiger partial charge on any atom is -0.496 e. The van der Waals surface area contributed by atoms with Crippen molar-refractivity contribution in [1.82, 2.24) is 20.2 Å². The molecule has 0 spiro atoms. The van der Waals surface area contributed by atoms with Gasteiger partial charge < -0.3 is 10.1 Å². The van der Waals surface area contributed by atoms with Crippen LogP contribution in [0.5, 0.6) is 5.75 Å². The van der Waals surface area contributed by atoms with Gasteiger partial charge in [-0.15, -0.1) is 5.10 Å². The highest BCUT2D eigenvalue weighted by molar-refractivity contribution is 7.99. The van der Waals surface area contributed by atoms with Crippen LogP contribution in [-0.4, -0.2) is 38.9 Å². The number of anilines is 1. The van der Waals surface area contributed by atoms with Crippen LogP contribution in [0.25, 0.3) is 11.4 Å². The van der Waals surface area contributed by atoms with Gasteiger partial charge in [-0.2, -0.15) is 0 Å². The number of nitrogens with one attached hydrogen (secondary N) is 2. The van der Waals surface area contributed by atoms with Crippen molar-refractivity contribution in [3.05, 3.63) is 47.6 Å². The number of carbonyl (C=O) groups excluding carboxylic acids is 1. The van der Waals surface area contributed by atoms with Crippen molar-refractivity contribution in [2.45, 2.75) is 5.16 Å². The molecule has 0 atom stereocenters. The number of halogens is 1. The number of carbonyl (C=O) groups is 1. The van der Waals surface area contributed by atoms with Gasteiger partial charge in [-0.05, 0) is 30.3 Å². The quantitative estimate of drug-likeness (QED) is 0.642. The van der Waals surface area contributed by atoms with Gasteiger partial charge in [0.15, 0.2) is 5.82 Å². The summed E-state index contributed by atoms with van der Waals surface area (Å²) in [4.78, 5) is 20.3. The Morgan fingerprint density at radius 1 is 1.36 bits per heavy atom. The van der Waals surface area contributed by atoms with E-state index in [-0.39, 0.29) is 11.7 Å². The number of methoxy groups -OCH3 is 1. The average Bonchev–Trinajstić information content (AvgIpc) is 3.10. The Bertz CT molecular complexity index is 872. The fraction of sp³-hybridized carbons (Fsp3) is 0.125. The predicted molar refractivity (Wildman–Crippen MR) is 97.0 cm³/mol. The maximum absolute atomic E-state index is 11.9. The maximum atomic E-state index is 11.9. The monoisotopic (exact) mass is 375 g/mol. The van der Waals surface area contributed by atoms with E-state index >= 15 is 0 Å². The van der Waals surface area contributed by atoms with E-state index in [1.54, 1.807) is 49.7 Å². The van der Waals surface area contributed by atoms with Crippen molar-refractivity contribution in [2.24, 2.45) is 0 Å². The second kappa shape index (κ2) is 8.00. The van der Waals surface area contributed by atoms with Crippen LogP contribution >= 0.6 is 23.4 Å². The zero-order valence-corrected chi connectivity index (χ0v) is 14.8. The molecule has 0 bridgehead atoms. The van der Waals surface area contributed by atoms with Crippen LogP contribution in [-0.2, 0) is 4.79 Å². The summed E-state index contributed by atoms with van der Waals surface area (Å²) in [6.45, 7) is 0. The number of hydrogen-bond acceptors (Lipinski definition) is 6. The van der Waals surface area contributed by atoms with Crippen molar-refractivity contribution in [3.63, 3.8) is 0 Å². The van der Waals surface area contributed by atoms with E-state index in [2.05, 4.69) is 25.5 Å². The second-order valence-electron chi connectivity index (χ2n) is 4.86. The number of hydrogen-bond donors (Lipinski definition) is 2. The molecule has 7 nitrogen and oxygen atoms in total. The largest absolute Gasteiger partial charge is 0.496 e. The van der Waals surface area contributed by atoms with Gasteiger partial charge >= 0.3 is 0 Å². The van der Waals surface area contributed by atoms with Crippen LogP contribution in [0.1, 0.15) is 0 Å². The van der Waals surface area contributed by atoms with Gasteiger partial charge in [0.2, 0.25) is 11.1 Å². The number of pyridine rings is 1. The first-order valence-corrected chi connectivity index (χ1v) is 8.62. The number of amides is 1. The molecule has 2 heterocycles. The molecule has 3 rings (SSSR count). The van der Waals surface area contributed by atoms with Gasteiger partial charge in [0.25, 0.3) is 0 Å². The molecule has 2 aromatic heterocycles. The fourth-order valence-corrected chi connectivity index (χ4v) is 2.81. The lowest BCUT2D eigenvalue weighted by Gasteiger charge is -2.05. The first kappa shape index (κ1) is 17.2. The lowest BCUT2D eigenvalue weighted by atomic mass is 10.2. The number of benzene rings is 1. The second-order valence-corrected chi connectivity index (χ2v) is 6.24. The Morgan fingerprint density at radius 3 is 3.00 bits per heavy atom. The van der Waals surface area contributed by atoms with Crippen LogP contribution in [0.4, 0.5) is 5.82 Å². The number of aromatic amines is 1. The summed E-state index contributed by atoms with van der Waals surface area (Å²) in [5, 5.41) is 10.7. The molecule has 1 aromatic carbocycles. The zero-order valence-electron chi connectivity index (χ0n) is 13.2. The molecule has 0 unspecified atom stereocenters. The van der Waals surface area contributed by atoms with Gasteiger partial charge in [0.05, 0.1) is 18.4 Å². The summed E-state index contributed by atoms with van der Waals surface area (Å²) in [5.74, 6) is 1.64. The number of thioether (sulfide) groups is 1. The number of ether oxygens (including phenoxy) is 1. The molecule has 128 valence electrons.